The van der Waals surface area contributed by atoms with Gasteiger partial charge in [-0.1, -0.05) is 24.7 Å². The monoisotopic (exact) mass is 282 g/mol. The Morgan fingerprint density at radius 3 is 2.71 bits per heavy atom. The van der Waals surface area contributed by atoms with Crippen LogP contribution >= 0.6 is 0 Å². The molecule has 2 unspecified atom stereocenters. The highest BCUT2D eigenvalue weighted by molar-refractivity contribution is 5.94. The molecule has 3 rings (SSSR count). The number of carbonyl (C=O) groups is 1. The normalized spacial score (nSPS) is 24.1. The number of likely N-dealkylation sites (tertiary alicyclic amines) is 1. The van der Waals surface area contributed by atoms with E-state index in [2.05, 4.69) is 16.7 Å². The molecular weight excluding hydrogens is 260 g/mol. The third kappa shape index (κ3) is 2.96. The summed E-state index contributed by atoms with van der Waals surface area (Å²) in [7, 11) is 0. The zero-order chi connectivity index (χ0) is 14.7. The number of hydrogen-bond donors (Lipinski definition) is 1. The molecular formula is C18H22N2O. The Bertz CT molecular complexity index is 567. The Morgan fingerprint density at radius 2 is 1.95 bits per heavy atom. The van der Waals surface area contributed by atoms with Crippen LogP contribution in [-0.2, 0) is 0 Å². The minimum absolute atomic E-state index is 0.183. The topological polar surface area (TPSA) is 46.3 Å². The number of hydrogen-bond acceptors (Lipinski definition) is 2. The van der Waals surface area contributed by atoms with Gasteiger partial charge in [0.05, 0.1) is 6.54 Å². The van der Waals surface area contributed by atoms with Crippen molar-refractivity contribution in [2.45, 2.75) is 38.1 Å². The van der Waals surface area contributed by atoms with Crippen LogP contribution in [-0.4, -0.2) is 29.9 Å². The third-order valence-corrected chi connectivity index (χ3v) is 4.74. The maximum absolute atomic E-state index is 12.7. The SMILES string of the molecule is NCC#Cc1ccc(C(=O)N2CCC3CCCCC32)cc1. The second-order valence-electron chi connectivity index (χ2n) is 5.98. The van der Waals surface area contributed by atoms with Crippen LogP contribution in [0.15, 0.2) is 24.3 Å². The summed E-state index contributed by atoms with van der Waals surface area (Å²) < 4.78 is 0. The summed E-state index contributed by atoms with van der Waals surface area (Å²) in [6.45, 7) is 1.28. The van der Waals surface area contributed by atoms with Crippen molar-refractivity contribution in [1.82, 2.24) is 4.90 Å². The minimum atomic E-state index is 0.183. The van der Waals surface area contributed by atoms with Gasteiger partial charge >= 0.3 is 0 Å². The second kappa shape index (κ2) is 6.32. The summed E-state index contributed by atoms with van der Waals surface area (Å²) in [5.41, 5.74) is 7.05. The van der Waals surface area contributed by atoms with Crippen LogP contribution < -0.4 is 5.73 Å². The number of fused-ring (bicyclic) bond motifs is 1. The van der Waals surface area contributed by atoms with Gasteiger partial charge in [0.15, 0.2) is 0 Å². The van der Waals surface area contributed by atoms with E-state index >= 15 is 0 Å². The standard InChI is InChI=1S/C18H22N2O/c19-12-3-4-14-7-9-16(10-8-14)18(21)20-13-11-15-5-1-2-6-17(15)20/h7-10,15,17H,1-2,5-6,11-13,19H2. The van der Waals surface area contributed by atoms with Crippen molar-refractivity contribution in [2.75, 3.05) is 13.1 Å². The Morgan fingerprint density at radius 1 is 1.19 bits per heavy atom. The fourth-order valence-electron chi connectivity index (χ4n) is 3.67. The smallest absolute Gasteiger partial charge is 0.254 e. The maximum Gasteiger partial charge on any atom is 0.254 e. The van der Waals surface area contributed by atoms with Gasteiger partial charge < -0.3 is 10.6 Å². The van der Waals surface area contributed by atoms with Gasteiger partial charge in [0.1, 0.15) is 0 Å². The molecule has 0 aromatic heterocycles. The summed E-state index contributed by atoms with van der Waals surface area (Å²) in [4.78, 5) is 14.8. The average Bonchev–Trinajstić information content (AvgIpc) is 2.97. The molecule has 21 heavy (non-hydrogen) atoms. The lowest BCUT2D eigenvalue weighted by Gasteiger charge is -2.31. The highest BCUT2D eigenvalue weighted by Gasteiger charge is 2.38. The molecule has 2 aliphatic rings. The first kappa shape index (κ1) is 14.2. The molecule has 2 atom stereocenters. The summed E-state index contributed by atoms with van der Waals surface area (Å²) in [6, 6.07) is 8.06. The highest BCUT2D eigenvalue weighted by atomic mass is 16.2. The highest BCUT2D eigenvalue weighted by Crippen LogP contribution is 2.36. The van der Waals surface area contributed by atoms with Crippen LogP contribution in [0.2, 0.25) is 0 Å². The van der Waals surface area contributed by atoms with Gasteiger partial charge in [0.25, 0.3) is 5.91 Å². The Hall–Kier alpha value is -1.79. The van der Waals surface area contributed by atoms with Crippen LogP contribution in [0.4, 0.5) is 0 Å². The summed E-state index contributed by atoms with van der Waals surface area (Å²) in [5, 5.41) is 0. The van der Waals surface area contributed by atoms with E-state index in [-0.39, 0.29) is 5.91 Å². The largest absolute Gasteiger partial charge is 0.335 e. The van der Waals surface area contributed by atoms with Crippen LogP contribution in [0.1, 0.15) is 48.0 Å². The van der Waals surface area contributed by atoms with E-state index in [0.29, 0.717) is 12.6 Å². The number of benzene rings is 1. The van der Waals surface area contributed by atoms with E-state index in [1.807, 2.05) is 24.3 Å². The van der Waals surface area contributed by atoms with E-state index in [1.165, 1.54) is 32.1 Å². The van der Waals surface area contributed by atoms with Gasteiger partial charge in [-0.15, -0.1) is 0 Å². The van der Waals surface area contributed by atoms with Gasteiger partial charge in [-0.3, -0.25) is 4.79 Å². The zero-order valence-electron chi connectivity index (χ0n) is 12.3. The molecule has 1 aromatic rings. The summed E-state index contributed by atoms with van der Waals surface area (Å²) >= 11 is 0. The lowest BCUT2D eigenvalue weighted by Crippen LogP contribution is -2.39. The lowest BCUT2D eigenvalue weighted by molar-refractivity contribution is 0.0690. The summed E-state index contributed by atoms with van der Waals surface area (Å²) in [5.74, 6) is 6.73. The van der Waals surface area contributed by atoms with Gasteiger partial charge in [-0.25, -0.2) is 0 Å². The fraction of sp³-hybridized carbons (Fsp3) is 0.500. The Balaban J connectivity index is 1.73. The Kier molecular flexibility index (Phi) is 4.26. The zero-order valence-corrected chi connectivity index (χ0v) is 12.3. The number of nitrogens with two attached hydrogens (primary N) is 1. The first-order valence-electron chi connectivity index (χ1n) is 7.89. The first-order chi connectivity index (χ1) is 10.3. The van der Waals surface area contributed by atoms with Gasteiger partial charge in [-0.2, -0.15) is 0 Å². The maximum atomic E-state index is 12.7. The van der Waals surface area contributed by atoms with Crippen molar-refractivity contribution in [1.29, 1.82) is 0 Å². The van der Waals surface area contributed by atoms with Crippen molar-refractivity contribution in [2.24, 2.45) is 11.7 Å². The molecule has 1 aliphatic heterocycles. The molecule has 2 fully saturated rings. The van der Waals surface area contributed by atoms with Gasteiger partial charge in [0.2, 0.25) is 0 Å². The Labute approximate surface area is 126 Å². The number of amides is 1. The van der Waals surface area contributed by atoms with Gasteiger partial charge in [-0.05, 0) is 49.4 Å². The second-order valence-corrected chi connectivity index (χ2v) is 5.98. The molecule has 110 valence electrons. The number of carbonyl (C=O) groups excluding carboxylic acids is 1. The van der Waals surface area contributed by atoms with Crippen LogP contribution in [0.3, 0.4) is 0 Å². The molecule has 3 heteroatoms. The quantitative estimate of drug-likeness (QED) is 0.804. The average molecular weight is 282 g/mol. The van der Waals surface area contributed by atoms with E-state index in [0.717, 1.165) is 23.6 Å². The molecule has 1 heterocycles. The molecule has 0 spiro atoms. The molecule has 2 N–H and O–H groups in total. The van der Waals surface area contributed by atoms with Crippen molar-refractivity contribution >= 4 is 5.91 Å². The molecule has 1 saturated heterocycles. The molecule has 1 aromatic carbocycles. The molecule has 1 aliphatic carbocycles. The predicted molar refractivity (Wildman–Crippen MR) is 83.8 cm³/mol. The molecule has 1 amide bonds. The van der Waals surface area contributed by atoms with Crippen LogP contribution in [0.25, 0.3) is 0 Å². The van der Waals surface area contributed by atoms with Crippen LogP contribution in [0.5, 0.6) is 0 Å². The lowest BCUT2D eigenvalue weighted by atomic mass is 9.85. The molecule has 3 nitrogen and oxygen atoms in total. The van der Waals surface area contributed by atoms with E-state index in [4.69, 9.17) is 5.73 Å². The third-order valence-electron chi connectivity index (χ3n) is 4.74. The number of nitrogens with zero attached hydrogens (tertiary/aromatic N) is 1. The molecule has 0 radical (unpaired) electrons. The summed E-state index contributed by atoms with van der Waals surface area (Å²) in [6.07, 6.45) is 6.24. The first-order valence-corrected chi connectivity index (χ1v) is 7.89. The van der Waals surface area contributed by atoms with E-state index < -0.39 is 0 Å². The predicted octanol–water partition coefficient (Wildman–Crippen LogP) is 2.40. The molecule has 0 bridgehead atoms. The van der Waals surface area contributed by atoms with Crippen molar-refractivity contribution in [3.05, 3.63) is 35.4 Å². The molecule has 1 saturated carbocycles. The van der Waals surface area contributed by atoms with Crippen molar-refractivity contribution < 1.29 is 4.79 Å². The van der Waals surface area contributed by atoms with Gasteiger partial charge in [0, 0.05) is 23.7 Å². The van der Waals surface area contributed by atoms with Crippen molar-refractivity contribution in [3.63, 3.8) is 0 Å². The van der Waals surface area contributed by atoms with Crippen LogP contribution in [0, 0.1) is 17.8 Å². The minimum Gasteiger partial charge on any atom is -0.335 e. The number of rotatable bonds is 1. The van der Waals surface area contributed by atoms with E-state index in [9.17, 15) is 4.79 Å². The van der Waals surface area contributed by atoms with E-state index in [1.54, 1.807) is 0 Å². The fourth-order valence-corrected chi connectivity index (χ4v) is 3.67. The van der Waals surface area contributed by atoms with Crippen molar-refractivity contribution in [3.8, 4) is 11.8 Å².